The van der Waals surface area contributed by atoms with E-state index in [0.717, 1.165) is 5.56 Å². The second-order valence-electron chi connectivity index (χ2n) is 6.18. The van der Waals surface area contributed by atoms with Crippen LogP contribution in [0.15, 0.2) is 48.7 Å². The highest BCUT2D eigenvalue weighted by molar-refractivity contribution is 6.32. The van der Waals surface area contributed by atoms with Crippen molar-refractivity contribution in [2.24, 2.45) is 0 Å². The first kappa shape index (κ1) is 16.3. The van der Waals surface area contributed by atoms with Gasteiger partial charge in [-0.1, -0.05) is 24.2 Å². The molecule has 1 amide bonds. The van der Waals surface area contributed by atoms with Gasteiger partial charge in [0, 0.05) is 16.3 Å². The second-order valence-corrected chi connectivity index (χ2v) is 6.89. The molecule has 1 spiro atoms. The van der Waals surface area contributed by atoms with Crippen LogP contribution >= 0.6 is 23.2 Å². The Kier molecular flexibility index (Phi) is 3.53. The van der Waals surface area contributed by atoms with Gasteiger partial charge in [-0.2, -0.15) is 0 Å². The lowest BCUT2D eigenvalue weighted by molar-refractivity contribution is -0.115. The maximum absolute atomic E-state index is 14.0. The first-order valence-corrected chi connectivity index (χ1v) is 8.53. The highest BCUT2D eigenvalue weighted by Gasteiger charge is 2.57. The fraction of sp³-hybridized carbons (Fsp3) is 0.158. The van der Waals surface area contributed by atoms with Gasteiger partial charge in [-0.15, -0.1) is 11.6 Å². The van der Waals surface area contributed by atoms with Crippen LogP contribution in [-0.2, 0) is 16.6 Å². The van der Waals surface area contributed by atoms with E-state index >= 15 is 0 Å². The zero-order valence-corrected chi connectivity index (χ0v) is 14.5. The number of carbonyl (C=O) groups is 2. The summed E-state index contributed by atoms with van der Waals surface area (Å²) in [5.41, 5.74) is 1.26. The molecule has 2 aromatic rings. The van der Waals surface area contributed by atoms with Gasteiger partial charge >= 0.3 is 0 Å². The van der Waals surface area contributed by atoms with Gasteiger partial charge in [-0.3, -0.25) is 14.5 Å². The number of anilines is 1. The van der Waals surface area contributed by atoms with Gasteiger partial charge in [0.2, 0.25) is 5.91 Å². The molecule has 4 rings (SSSR count). The number of amides is 1. The van der Waals surface area contributed by atoms with E-state index < -0.39 is 17.1 Å². The van der Waals surface area contributed by atoms with Crippen molar-refractivity contribution in [2.45, 2.75) is 11.8 Å². The van der Waals surface area contributed by atoms with E-state index in [1.165, 1.54) is 23.1 Å². The Morgan fingerprint density at radius 3 is 2.76 bits per heavy atom. The van der Waals surface area contributed by atoms with Crippen molar-refractivity contribution in [2.75, 3.05) is 10.8 Å². The van der Waals surface area contributed by atoms with E-state index in [-0.39, 0.29) is 11.7 Å². The molecule has 0 saturated heterocycles. The predicted octanol–water partition coefficient (Wildman–Crippen LogP) is 4.26. The van der Waals surface area contributed by atoms with Crippen molar-refractivity contribution in [1.82, 2.24) is 0 Å². The largest absolute Gasteiger partial charge is 0.293 e. The van der Waals surface area contributed by atoms with Gasteiger partial charge in [0.15, 0.2) is 5.78 Å². The van der Waals surface area contributed by atoms with Gasteiger partial charge in [-0.25, -0.2) is 4.39 Å². The topological polar surface area (TPSA) is 37.4 Å². The number of rotatable bonds is 1. The predicted molar refractivity (Wildman–Crippen MR) is 94.9 cm³/mol. The summed E-state index contributed by atoms with van der Waals surface area (Å²) in [5, 5.41) is 0.445. The molecule has 1 unspecified atom stereocenters. The fourth-order valence-corrected chi connectivity index (χ4v) is 4.13. The molecule has 1 atom stereocenters. The Morgan fingerprint density at radius 1 is 1.28 bits per heavy atom. The molecule has 0 N–H and O–H groups in total. The number of hydrogen-bond acceptors (Lipinski definition) is 2. The Balaban J connectivity index is 1.98. The van der Waals surface area contributed by atoms with Crippen LogP contribution in [0.5, 0.6) is 0 Å². The Morgan fingerprint density at radius 2 is 2.04 bits per heavy atom. The van der Waals surface area contributed by atoms with Gasteiger partial charge in [0.05, 0.1) is 5.69 Å². The van der Waals surface area contributed by atoms with Crippen LogP contribution in [0.3, 0.4) is 0 Å². The number of carbonyl (C=O) groups excluding carboxylic acids is 2. The number of Topliss-reactive ketones (excluding diaryl/α,β-unsaturated/α-hetero) is 1. The Hall–Kier alpha value is -2.17. The minimum Gasteiger partial charge on any atom is -0.293 e. The van der Waals surface area contributed by atoms with Crippen molar-refractivity contribution in [3.05, 3.63) is 76.2 Å². The molecule has 0 saturated carbocycles. The van der Waals surface area contributed by atoms with Crippen LogP contribution < -0.4 is 4.90 Å². The number of benzene rings is 2. The van der Waals surface area contributed by atoms with Crippen molar-refractivity contribution in [3.63, 3.8) is 0 Å². The summed E-state index contributed by atoms with van der Waals surface area (Å²) in [6.45, 7) is 4.01. The SMILES string of the molecule is C=C1N(C(=O)CCl)c2ccc(F)cc2C12Cc1ccc(Cl)cc1C2=O. The molecule has 3 nitrogen and oxygen atoms in total. The highest BCUT2D eigenvalue weighted by atomic mass is 35.5. The minimum absolute atomic E-state index is 0.230. The first-order chi connectivity index (χ1) is 11.9. The second kappa shape index (κ2) is 5.41. The van der Waals surface area contributed by atoms with Crippen LogP contribution in [0, 0.1) is 5.82 Å². The van der Waals surface area contributed by atoms with Gasteiger partial charge in [0.25, 0.3) is 0 Å². The third-order valence-corrected chi connectivity index (χ3v) is 5.41. The van der Waals surface area contributed by atoms with E-state index in [0.29, 0.717) is 34.0 Å². The normalized spacial score (nSPS) is 21.0. The van der Waals surface area contributed by atoms with Crippen molar-refractivity contribution >= 4 is 40.6 Å². The molecule has 6 heteroatoms. The fourth-order valence-electron chi connectivity index (χ4n) is 3.84. The molecule has 0 aromatic heterocycles. The lowest BCUT2D eigenvalue weighted by Crippen LogP contribution is -2.38. The Labute approximate surface area is 153 Å². The van der Waals surface area contributed by atoms with Crippen LogP contribution in [-0.4, -0.2) is 17.6 Å². The van der Waals surface area contributed by atoms with E-state index in [9.17, 15) is 14.0 Å². The number of ketones is 1. The summed E-state index contributed by atoms with van der Waals surface area (Å²) in [6, 6.07) is 9.13. The third kappa shape index (κ3) is 2.04. The highest BCUT2D eigenvalue weighted by Crippen LogP contribution is 2.54. The maximum Gasteiger partial charge on any atom is 0.246 e. The summed E-state index contributed by atoms with van der Waals surface area (Å²) in [6.07, 6.45) is 0.305. The van der Waals surface area contributed by atoms with E-state index in [4.69, 9.17) is 23.2 Å². The summed E-state index contributed by atoms with van der Waals surface area (Å²) in [4.78, 5) is 27.0. The number of alkyl halides is 1. The molecule has 126 valence electrons. The van der Waals surface area contributed by atoms with Gasteiger partial charge in [-0.05, 0) is 47.9 Å². The number of nitrogens with zero attached hydrogens (tertiary/aromatic N) is 1. The van der Waals surface area contributed by atoms with Crippen LogP contribution in [0.2, 0.25) is 5.02 Å². The molecule has 1 aliphatic heterocycles. The zero-order chi connectivity index (χ0) is 17.9. The van der Waals surface area contributed by atoms with Gasteiger partial charge in [0.1, 0.15) is 17.1 Å². The molecule has 1 heterocycles. The Bertz CT molecular complexity index is 972. The van der Waals surface area contributed by atoms with Crippen molar-refractivity contribution in [3.8, 4) is 0 Å². The van der Waals surface area contributed by atoms with Crippen LogP contribution in [0.25, 0.3) is 0 Å². The summed E-state index contributed by atoms with van der Waals surface area (Å²) >= 11 is 11.8. The number of allylic oxidation sites excluding steroid dienone is 1. The summed E-state index contributed by atoms with van der Waals surface area (Å²) in [7, 11) is 0. The number of halogens is 3. The average Bonchev–Trinajstić information content (AvgIpc) is 3.01. The quantitative estimate of drug-likeness (QED) is 0.698. The lowest BCUT2D eigenvalue weighted by atomic mass is 9.76. The van der Waals surface area contributed by atoms with Crippen LogP contribution in [0.4, 0.5) is 10.1 Å². The number of fused-ring (bicyclic) bond motifs is 3. The minimum atomic E-state index is -1.20. The number of hydrogen-bond donors (Lipinski definition) is 0. The first-order valence-electron chi connectivity index (χ1n) is 7.61. The van der Waals surface area contributed by atoms with E-state index in [1.807, 2.05) is 0 Å². The zero-order valence-electron chi connectivity index (χ0n) is 13.0. The summed E-state index contributed by atoms with van der Waals surface area (Å²) in [5.74, 6) is -1.38. The monoisotopic (exact) mass is 375 g/mol. The third-order valence-electron chi connectivity index (χ3n) is 4.95. The molecule has 2 aromatic carbocycles. The van der Waals surface area contributed by atoms with Gasteiger partial charge < -0.3 is 0 Å². The molecule has 2 aliphatic rings. The van der Waals surface area contributed by atoms with Crippen LogP contribution in [0.1, 0.15) is 21.5 Å². The molecule has 0 bridgehead atoms. The summed E-state index contributed by atoms with van der Waals surface area (Å²) < 4.78 is 14.0. The molecular weight excluding hydrogens is 364 g/mol. The molecule has 0 fully saturated rings. The molecular formula is C19H12Cl2FNO2. The van der Waals surface area contributed by atoms with E-state index in [1.54, 1.807) is 18.2 Å². The van der Waals surface area contributed by atoms with Crippen molar-refractivity contribution < 1.29 is 14.0 Å². The van der Waals surface area contributed by atoms with E-state index in [2.05, 4.69) is 6.58 Å². The maximum atomic E-state index is 14.0. The molecule has 0 radical (unpaired) electrons. The molecule has 1 aliphatic carbocycles. The average molecular weight is 376 g/mol. The smallest absolute Gasteiger partial charge is 0.246 e. The van der Waals surface area contributed by atoms with Crippen molar-refractivity contribution in [1.29, 1.82) is 0 Å². The lowest BCUT2D eigenvalue weighted by Gasteiger charge is -2.26. The molecule has 25 heavy (non-hydrogen) atoms. The standard InChI is InChI=1S/C19H12Cl2FNO2/c1-10-19(8-11-2-3-12(21)6-14(11)18(19)25)15-7-13(22)4-5-16(15)23(10)17(24)9-20/h2-7H,1,8-9H2.